The first-order valence-electron chi connectivity index (χ1n) is 10.8. The van der Waals surface area contributed by atoms with E-state index in [1.807, 2.05) is 38.1 Å². The van der Waals surface area contributed by atoms with Gasteiger partial charge in [-0.2, -0.15) is 5.10 Å². The molecule has 0 bridgehead atoms. The van der Waals surface area contributed by atoms with Gasteiger partial charge in [-0.25, -0.2) is 5.43 Å². The molecule has 0 aromatic heterocycles. The minimum Gasteiger partial charge on any atom is -0.494 e. The third kappa shape index (κ3) is 7.58. The molecule has 35 heavy (non-hydrogen) atoms. The number of aryl methyl sites for hydroxylation is 1. The number of hydrogen-bond acceptors (Lipinski definition) is 6. The second-order valence-electron chi connectivity index (χ2n) is 7.42. The van der Waals surface area contributed by atoms with E-state index in [9.17, 15) is 9.59 Å². The van der Waals surface area contributed by atoms with Crippen molar-refractivity contribution in [3.8, 4) is 17.2 Å². The third-order valence-electron chi connectivity index (χ3n) is 4.76. The minimum atomic E-state index is -0.904. The average Bonchev–Trinajstić information content (AvgIpc) is 2.85. The molecule has 0 unspecified atom stereocenters. The first kappa shape index (κ1) is 25.8. The number of benzene rings is 3. The van der Waals surface area contributed by atoms with Crippen LogP contribution in [-0.2, 0) is 16.2 Å². The summed E-state index contributed by atoms with van der Waals surface area (Å²) in [7, 11) is 1.54. The molecule has 0 radical (unpaired) electrons. The first-order chi connectivity index (χ1) is 16.9. The minimum absolute atomic E-state index is 0.377. The number of nitrogens with zero attached hydrogens (tertiary/aromatic N) is 1. The van der Waals surface area contributed by atoms with Gasteiger partial charge in [0.2, 0.25) is 0 Å². The summed E-state index contributed by atoms with van der Waals surface area (Å²) in [6, 6.07) is 18.2. The van der Waals surface area contributed by atoms with Crippen molar-refractivity contribution >= 4 is 39.6 Å². The van der Waals surface area contributed by atoms with Crippen molar-refractivity contribution in [3.63, 3.8) is 0 Å². The number of hydrogen-bond donors (Lipinski definition) is 2. The summed E-state index contributed by atoms with van der Waals surface area (Å²) in [6.07, 6.45) is 1.40. The highest BCUT2D eigenvalue weighted by Gasteiger charge is 2.14. The number of carbonyl (C=O) groups is 2. The summed E-state index contributed by atoms with van der Waals surface area (Å²) in [5.41, 5.74) is 5.51. The van der Waals surface area contributed by atoms with Crippen molar-refractivity contribution in [2.45, 2.75) is 20.5 Å². The Labute approximate surface area is 212 Å². The average molecular weight is 540 g/mol. The van der Waals surface area contributed by atoms with Crippen LogP contribution in [0.3, 0.4) is 0 Å². The van der Waals surface area contributed by atoms with Crippen LogP contribution in [0.15, 0.2) is 70.2 Å². The van der Waals surface area contributed by atoms with Gasteiger partial charge in [-0.1, -0.05) is 29.8 Å². The summed E-state index contributed by atoms with van der Waals surface area (Å²) in [5, 5.41) is 6.37. The quantitative estimate of drug-likeness (QED) is 0.230. The van der Waals surface area contributed by atoms with Crippen molar-refractivity contribution in [1.29, 1.82) is 0 Å². The Balaban J connectivity index is 1.58. The lowest BCUT2D eigenvalue weighted by molar-refractivity contribution is -0.136. The van der Waals surface area contributed by atoms with Gasteiger partial charge in [0.1, 0.15) is 12.4 Å². The van der Waals surface area contributed by atoms with Crippen LogP contribution in [-0.4, -0.2) is 31.7 Å². The van der Waals surface area contributed by atoms with Crippen LogP contribution in [0, 0.1) is 6.92 Å². The number of methoxy groups -OCH3 is 1. The van der Waals surface area contributed by atoms with Crippen molar-refractivity contribution in [2.75, 3.05) is 19.0 Å². The third-order valence-corrected chi connectivity index (χ3v) is 5.35. The van der Waals surface area contributed by atoms with Gasteiger partial charge in [-0.15, -0.1) is 0 Å². The van der Waals surface area contributed by atoms with Gasteiger partial charge in [0.25, 0.3) is 0 Å². The summed E-state index contributed by atoms with van der Waals surface area (Å²) in [5.74, 6) is -0.0339. The van der Waals surface area contributed by atoms with Crippen LogP contribution in [0.25, 0.3) is 0 Å². The molecule has 0 atom stereocenters. The van der Waals surface area contributed by atoms with Crippen LogP contribution in [0.1, 0.15) is 23.6 Å². The van der Waals surface area contributed by atoms with Gasteiger partial charge in [-0.05, 0) is 77.3 Å². The van der Waals surface area contributed by atoms with E-state index < -0.39 is 11.8 Å². The smallest absolute Gasteiger partial charge is 0.329 e. The number of halogens is 1. The molecule has 0 heterocycles. The van der Waals surface area contributed by atoms with E-state index in [0.29, 0.717) is 46.2 Å². The number of carbonyl (C=O) groups excluding carboxylic acids is 2. The van der Waals surface area contributed by atoms with Crippen LogP contribution in [0.2, 0.25) is 0 Å². The topological polar surface area (TPSA) is 98.2 Å². The highest BCUT2D eigenvalue weighted by Crippen LogP contribution is 2.36. The molecule has 8 nitrogen and oxygen atoms in total. The van der Waals surface area contributed by atoms with E-state index in [0.717, 1.165) is 5.56 Å². The van der Waals surface area contributed by atoms with Crippen LogP contribution >= 0.6 is 15.9 Å². The summed E-state index contributed by atoms with van der Waals surface area (Å²) in [6.45, 7) is 4.82. The Kier molecular flexibility index (Phi) is 9.25. The molecule has 0 aliphatic heterocycles. The number of ether oxygens (including phenoxy) is 3. The Hall–Kier alpha value is -3.85. The molecular formula is C26H26BrN3O5. The molecular weight excluding hydrogens is 514 g/mol. The maximum absolute atomic E-state index is 12.1. The van der Waals surface area contributed by atoms with Crippen LogP contribution in [0.5, 0.6) is 17.2 Å². The van der Waals surface area contributed by atoms with E-state index in [2.05, 4.69) is 31.8 Å². The molecule has 0 saturated carbocycles. The zero-order valence-corrected chi connectivity index (χ0v) is 21.2. The molecule has 0 fully saturated rings. The van der Waals surface area contributed by atoms with Crippen molar-refractivity contribution < 1.29 is 23.8 Å². The van der Waals surface area contributed by atoms with Crippen molar-refractivity contribution in [1.82, 2.24) is 5.43 Å². The van der Waals surface area contributed by atoms with Gasteiger partial charge in [0, 0.05) is 5.69 Å². The highest BCUT2D eigenvalue weighted by molar-refractivity contribution is 9.10. The maximum atomic E-state index is 12.1. The zero-order valence-electron chi connectivity index (χ0n) is 19.6. The second kappa shape index (κ2) is 12.6. The summed E-state index contributed by atoms with van der Waals surface area (Å²) in [4.78, 5) is 24.2. The number of rotatable bonds is 9. The fourth-order valence-corrected chi connectivity index (χ4v) is 3.57. The van der Waals surface area contributed by atoms with Crippen LogP contribution < -0.4 is 25.0 Å². The maximum Gasteiger partial charge on any atom is 0.329 e. The molecule has 9 heteroatoms. The van der Waals surface area contributed by atoms with Gasteiger partial charge in [-0.3, -0.25) is 9.59 Å². The lowest BCUT2D eigenvalue weighted by Gasteiger charge is -2.13. The zero-order chi connectivity index (χ0) is 25.2. The van der Waals surface area contributed by atoms with E-state index in [4.69, 9.17) is 14.2 Å². The van der Waals surface area contributed by atoms with Crippen molar-refractivity contribution in [3.05, 3.63) is 81.8 Å². The second-order valence-corrected chi connectivity index (χ2v) is 8.27. The lowest BCUT2D eigenvalue weighted by atomic mass is 10.2. The monoisotopic (exact) mass is 539 g/mol. The number of anilines is 1. The molecule has 3 rings (SSSR count). The first-order valence-corrected chi connectivity index (χ1v) is 11.6. The predicted molar refractivity (Wildman–Crippen MR) is 138 cm³/mol. The van der Waals surface area contributed by atoms with Gasteiger partial charge in [0.15, 0.2) is 11.5 Å². The molecule has 0 saturated heterocycles. The van der Waals surface area contributed by atoms with E-state index >= 15 is 0 Å². The number of hydrazone groups is 1. The molecule has 3 aromatic rings. The Morgan fingerprint density at radius 1 is 1.00 bits per heavy atom. The van der Waals surface area contributed by atoms with E-state index in [1.165, 1.54) is 18.9 Å². The SMILES string of the molecule is CCOc1ccc(NC(=O)C(=O)NN=Cc2cc(Br)c(OCc3ccc(C)cc3)c(OC)c2)cc1. The lowest BCUT2D eigenvalue weighted by Crippen LogP contribution is -2.32. The molecule has 0 aliphatic carbocycles. The molecule has 182 valence electrons. The number of amides is 2. The summed E-state index contributed by atoms with van der Waals surface area (Å²) >= 11 is 3.49. The molecule has 3 aromatic carbocycles. The molecule has 0 spiro atoms. The van der Waals surface area contributed by atoms with Crippen molar-refractivity contribution in [2.24, 2.45) is 5.10 Å². The largest absolute Gasteiger partial charge is 0.494 e. The normalized spacial score (nSPS) is 10.6. The van der Waals surface area contributed by atoms with E-state index in [1.54, 1.807) is 36.4 Å². The molecule has 0 aliphatic rings. The van der Waals surface area contributed by atoms with Crippen LogP contribution in [0.4, 0.5) is 5.69 Å². The van der Waals surface area contributed by atoms with Gasteiger partial charge >= 0.3 is 11.8 Å². The standard InChI is InChI=1S/C26H26BrN3O5/c1-4-34-21-11-9-20(10-12-21)29-25(31)26(32)30-28-15-19-13-22(27)24(23(14-19)33-3)35-16-18-7-5-17(2)6-8-18/h5-15H,4,16H2,1-3H3,(H,29,31)(H,30,32). The molecule has 2 amide bonds. The van der Waals surface area contributed by atoms with Gasteiger partial charge < -0.3 is 19.5 Å². The Morgan fingerprint density at radius 2 is 1.71 bits per heavy atom. The number of nitrogens with one attached hydrogen (secondary N) is 2. The van der Waals surface area contributed by atoms with E-state index in [-0.39, 0.29) is 0 Å². The highest BCUT2D eigenvalue weighted by atomic mass is 79.9. The summed E-state index contributed by atoms with van der Waals surface area (Å²) < 4.78 is 17.4. The van der Waals surface area contributed by atoms with Gasteiger partial charge in [0.05, 0.1) is 24.4 Å². The molecule has 2 N–H and O–H groups in total. The Morgan fingerprint density at radius 3 is 2.37 bits per heavy atom. The fourth-order valence-electron chi connectivity index (χ4n) is 3.00. The fraction of sp³-hybridized carbons (Fsp3) is 0.192. The Bertz CT molecular complexity index is 1190. The predicted octanol–water partition coefficient (Wildman–Crippen LogP) is 4.83.